The van der Waals surface area contributed by atoms with Crippen molar-refractivity contribution in [2.45, 2.75) is 32.4 Å². The third-order valence-corrected chi connectivity index (χ3v) is 6.00. The van der Waals surface area contributed by atoms with E-state index in [1.54, 1.807) is 0 Å². The van der Waals surface area contributed by atoms with Crippen LogP contribution >= 0.6 is 35.7 Å². The van der Waals surface area contributed by atoms with Crippen LogP contribution in [0.2, 0.25) is 0 Å². The first-order chi connectivity index (χ1) is 10.1. The van der Waals surface area contributed by atoms with E-state index in [4.69, 9.17) is 4.99 Å². The molecular weight excluding hydrogens is 407 g/mol. The van der Waals surface area contributed by atoms with Gasteiger partial charge in [-0.2, -0.15) is 11.8 Å². The van der Waals surface area contributed by atoms with Gasteiger partial charge in [0.2, 0.25) is 0 Å². The highest BCUT2D eigenvalue weighted by Gasteiger charge is 2.25. The van der Waals surface area contributed by atoms with Gasteiger partial charge in [-0.05, 0) is 38.8 Å². The normalized spacial score (nSPS) is 27.1. The zero-order valence-electron chi connectivity index (χ0n) is 14.5. The topological polar surface area (TPSA) is 30.9 Å². The summed E-state index contributed by atoms with van der Waals surface area (Å²) < 4.78 is 0. The van der Waals surface area contributed by atoms with Crippen molar-refractivity contribution in [3.05, 3.63) is 0 Å². The van der Waals surface area contributed by atoms with E-state index in [-0.39, 0.29) is 24.0 Å². The number of nitrogens with zero attached hydrogens (tertiary/aromatic N) is 3. The number of hydrogen-bond acceptors (Lipinski definition) is 3. The predicted molar refractivity (Wildman–Crippen MR) is 110 cm³/mol. The smallest absolute Gasteiger partial charge is 0.193 e. The Morgan fingerprint density at radius 1 is 1.32 bits per heavy atom. The summed E-state index contributed by atoms with van der Waals surface area (Å²) >= 11 is 2.12. The van der Waals surface area contributed by atoms with Crippen LogP contribution in [-0.2, 0) is 0 Å². The first kappa shape index (κ1) is 20.4. The predicted octanol–water partition coefficient (Wildman–Crippen LogP) is 2.60. The van der Waals surface area contributed by atoms with Crippen molar-refractivity contribution in [1.29, 1.82) is 0 Å². The Labute approximate surface area is 157 Å². The third-order valence-electron chi connectivity index (χ3n) is 4.46. The van der Waals surface area contributed by atoms with Crippen molar-refractivity contribution in [3.63, 3.8) is 0 Å². The molecular formula is C16H33IN4S. The van der Waals surface area contributed by atoms with Crippen LogP contribution in [-0.4, -0.2) is 73.1 Å². The lowest BCUT2D eigenvalue weighted by molar-refractivity contribution is 0.376. The van der Waals surface area contributed by atoms with E-state index >= 15 is 0 Å². The lowest BCUT2D eigenvalue weighted by atomic mass is 10.1. The van der Waals surface area contributed by atoms with Crippen LogP contribution < -0.4 is 5.32 Å². The van der Waals surface area contributed by atoms with Gasteiger partial charge in [0, 0.05) is 43.7 Å². The molecule has 2 atom stereocenters. The maximum atomic E-state index is 4.94. The molecule has 22 heavy (non-hydrogen) atoms. The van der Waals surface area contributed by atoms with E-state index in [0.29, 0.717) is 0 Å². The Morgan fingerprint density at radius 3 is 2.68 bits per heavy atom. The van der Waals surface area contributed by atoms with Crippen LogP contribution in [0.15, 0.2) is 4.99 Å². The van der Waals surface area contributed by atoms with Crippen molar-refractivity contribution in [2.75, 3.05) is 52.1 Å². The minimum Gasteiger partial charge on any atom is -0.357 e. The fraction of sp³-hybridized carbons (Fsp3) is 0.938. The van der Waals surface area contributed by atoms with Crippen molar-refractivity contribution >= 4 is 41.7 Å². The first-order valence-electron chi connectivity index (χ1n) is 8.43. The number of hydrogen-bond donors (Lipinski definition) is 1. The molecule has 1 N–H and O–H groups in total. The van der Waals surface area contributed by atoms with Crippen LogP contribution in [0, 0.1) is 11.8 Å². The molecule has 2 aliphatic heterocycles. The molecule has 0 amide bonds. The Balaban J connectivity index is 0.00000242. The maximum Gasteiger partial charge on any atom is 0.193 e. The van der Waals surface area contributed by atoms with Crippen molar-refractivity contribution in [2.24, 2.45) is 16.8 Å². The molecule has 4 nitrogen and oxygen atoms in total. The average Bonchev–Trinajstić information content (AvgIpc) is 2.89. The quantitative estimate of drug-likeness (QED) is 0.414. The third kappa shape index (κ3) is 6.07. The summed E-state index contributed by atoms with van der Waals surface area (Å²) in [4.78, 5) is 9.83. The summed E-state index contributed by atoms with van der Waals surface area (Å²) in [5.74, 6) is 3.84. The van der Waals surface area contributed by atoms with E-state index in [9.17, 15) is 0 Å². The van der Waals surface area contributed by atoms with Gasteiger partial charge in [0.1, 0.15) is 0 Å². The molecule has 2 rings (SSSR count). The Kier molecular flexibility index (Phi) is 9.47. The van der Waals surface area contributed by atoms with E-state index in [1.165, 1.54) is 25.3 Å². The molecule has 0 aromatic heterocycles. The number of thioether (sulfide) groups is 1. The highest BCUT2D eigenvalue weighted by molar-refractivity contribution is 14.0. The molecule has 0 spiro atoms. The molecule has 2 saturated heterocycles. The molecule has 0 saturated carbocycles. The van der Waals surface area contributed by atoms with Crippen molar-refractivity contribution in [3.8, 4) is 0 Å². The number of aliphatic imine (C=N–C) groups is 1. The SMILES string of the molecule is CCNC(=NCC1CCN(C)C1)N1CCSC(C(C)C)C1.I. The van der Waals surface area contributed by atoms with E-state index in [1.807, 2.05) is 0 Å². The van der Waals surface area contributed by atoms with Gasteiger partial charge in [-0.25, -0.2) is 0 Å². The second-order valence-corrected chi connectivity index (χ2v) is 8.06. The minimum atomic E-state index is 0. The standard InChI is InChI=1S/C16H32N4S.HI/c1-5-17-16(18-10-14-6-7-19(4)11-14)20-8-9-21-15(12-20)13(2)3;/h13-15H,5-12H2,1-4H3,(H,17,18);1H. The van der Waals surface area contributed by atoms with Gasteiger partial charge in [0.25, 0.3) is 0 Å². The molecule has 6 heteroatoms. The summed E-state index contributed by atoms with van der Waals surface area (Å²) in [7, 11) is 2.21. The molecule has 0 aromatic rings. The van der Waals surface area contributed by atoms with Crippen LogP contribution in [0.25, 0.3) is 0 Å². The zero-order valence-corrected chi connectivity index (χ0v) is 17.7. The average molecular weight is 440 g/mol. The molecule has 2 fully saturated rings. The molecule has 2 aliphatic rings. The Morgan fingerprint density at radius 2 is 2.09 bits per heavy atom. The molecule has 2 unspecified atom stereocenters. The van der Waals surface area contributed by atoms with Gasteiger partial charge in [-0.3, -0.25) is 4.99 Å². The second kappa shape index (κ2) is 10.2. The minimum absolute atomic E-state index is 0. The lowest BCUT2D eigenvalue weighted by Gasteiger charge is -2.36. The van der Waals surface area contributed by atoms with Gasteiger partial charge in [0.05, 0.1) is 0 Å². The van der Waals surface area contributed by atoms with Crippen LogP contribution in [0.3, 0.4) is 0 Å². The number of guanidine groups is 1. The lowest BCUT2D eigenvalue weighted by Crippen LogP contribution is -2.49. The number of halogens is 1. The summed E-state index contributed by atoms with van der Waals surface area (Å²) in [5, 5.41) is 4.24. The monoisotopic (exact) mass is 440 g/mol. The molecule has 0 aromatic carbocycles. The van der Waals surface area contributed by atoms with Gasteiger partial charge >= 0.3 is 0 Å². The molecule has 130 valence electrons. The van der Waals surface area contributed by atoms with Crippen molar-refractivity contribution < 1.29 is 0 Å². The summed E-state index contributed by atoms with van der Waals surface area (Å²) in [6.07, 6.45) is 1.30. The second-order valence-electron chi connectivity index (χ2n) is 6.71. The van der Waals surface area contributed by atoms with Gasteiger partial charge in [0.15, 0.2) is 5.96 Å². The highest BCUT2D eigenvalue weighted by atomic mass is 127. The fourth-order valence-corrected chi connectivity index (χ4v) is 4.39. The molecule has 0 aliphatic carbocycles. The maximum absolute atomic E-state index is 4.94. The number of likely N-dealkylation sites (tertiary alicyclic amines) is 1. The Hall–Kier alpha value is 0.310. The number of nitrogens with one attached hydrogen (secondary N) is 1. The fourth-order valence-electron chi connectivity index (χ4n) is 3.09. The highest BCUT2D eigenvalue weighted by Crippen LogP contribution is 2.25. The molecule has 2 heterocycles. The van der Waals surface area contributed by atoms with Gasteiger partial charge in [-0.15, -0.1) is 24.0 Å². The Bertz CT molecular complexity index is 351. The summed E-state index contributed by atoms with van der Waals surface area (Å²) in [6.45, 7) is 13.5. The van der Waals surface area contributed by atoms with Crippen LogP contribution in [0.1, 0.15) is 27.2 Å². The van der Waals surface area contributed by atoms with Crippen LogP contribution in [0.4, 0.5) is 0 Å². The largest absolute Gasteiger partial charge is 0.357 e. The van der Waals surface area contributed by atoms with E-state index in [0.717, 1.165) is 49.2 Å². The van der Waals surface area contributed by atoms with E-state index in [2.05, 4.69) is 54.7 Å². The van der Waals surface area contributed by atoms with Crippen LogP contribution in [0.5, 0.6) is 0 Å². The summed E-state index contributed by atoms with van der Waals surface area (Å²) in [5.41, 5.74) is 0. The summed E-state index contributed by atoms with van der Waals surface area (Å²) in [6, 6.07) is 0. The van der Waals surface area contributed by atoms with Gasteiger partial charge < -0.3 is 15.1 Å². The van der Waals surface area contributed by atoms with Crippen molar-refractivity contribution in [1.82, 2.24) is 15.1 Å². The number of rotatable bonds is 4. The zero-order chi connectivity index (χ0) is 15.2. The molecule has 0 radical (unpaired) electrons. The van der Waals surface area contributed by atoms with Gasteiger partial charge in [-0.1, -0.05) is 13.8 Å². The van der Waals surface area contributed by atoms with E-state index < -0.39 is 0 Å². The molecule has 0 bridgehead atoms. The first-order valence-corrected chi connectivity index (χ1v) is 9.48.